The molecule has 5 rings (SSSR count). The lowest BCUT2D eigenvalue weighted by atomic mass is 9.95. The van der Waals surface area contributed by atoms with Gasteiger partial charge in [-0.15, -0.1) is 0 Å². The molecule has 0 aliphatic carbocycles. The van der Waals surface area contributed by atoms with Crippen LogP contribution in [0.15, 0.2) is 64.3 Å². The number of aliphatic hydroxyl groups is 1. The summed E-state index contributed by atoms with van der Waals surface area (Å²) in [5.74, 6) is -2.14. The molecule has 0 bridgehead atoms. The van der Waals surface area contributed by atoms with Gasteiger partial charge in [-0.1, -0.05) is 29.5 Å². The topological polar surface area (TPSA) is 83.6 Å². The van der Waals surface area contributed by atoms with E-state index in [0.29, 0.717) is 16.5 Å². The van der Waals surface area contributed by atoms with Gasteiger partial charge in [0.15, 0.2) is 16.7 Å². The van der Waals surface area contributed by atoms with Gasteiger partial charge in [-0.3, -0.25) is 14.5 Å². The zero-order chi connectivity index (χ0) is 23.4. The minimum absolute atomic E-state index is 0.0131. The van der Waals surface area contributed by atoms with Crippen molar-refractivity contribution in [2.75, 3.05) is 4.90 Å². The van der Waals surface area contributed by atoms with E-state index in [-0.39, 0.29) is 11.3 Å². The first-order chi connectivity index (χ1) is 15.7. The Kier molecular flexibility index (Phi) is 4.90. The van der Waals surface area contributed by atoms with E-state index in [9.17, 15) is 19.1 Å². The third kappa shape index (κ3) is 3.43. The summed E-state index contributed by atoms with van der Waals surface area (Å²) in [5, 5.41) is 11.1. The summed E-state index contributed by atoms with van der Waals surface area (Å²) in [5.41, 5.74) is 2.89. The molecular formula is C25H19FN2O4S. The van der Waals surface area contributed by atoms with E-state index in [4.69, 9.17) is 4.42 Å². The molecule has 4 aromatic rings. The Morgan fingerprint density at radius 2 is 1.94 bits per heavy atom. The fourth-order valence-corrected chi connectivity index (χ4v) is 5.35. The molecule has 1 aliphatic rings. The maximum atomic E-state index is 14.2. The largest absolute Gasteiger partial charge is 0.503 e. The van der Waals surface area contributed by atoms with E-state index >= 15 is 0 Å². The molecule has 0 unspecified atom stereocenters. The molecule has 0 saturated carbocycles. The van der Waals surface area contributed by atoms with Crippen molar-refractivity contribution in [1.29, 1.82) is 0 Å². The van der Waals surface area contributed by atoms with Gasteiger partial charge in [0.1, 0.15) is 11.6 Å². The van der Waals surface area contributed by atoms with Crippen LogP contribution < -0.4 is 4.90 Å². The number of anilines is 1. The van der Waals surface area contributed by atoms with Crippen LogP contribution in [-0.2, 0) is 4.79 Å². The Morgan fingerprint density at radius 1 is 1.15 bits per heavy atom. The van der Waals surface area contributed by atoms with Crippen LogP contribution >= 0.6 is 11.3 Å². The molecule has 166 valence electrons. The lowest BCUT2D eigenvalue weighted by molar-refractivity contribution is -0.117. The van der Waals surface area contributed by atoms with Crippen molar-refractivity contribution in [3.63, 3.8) is 0 Å². The van der Waals surface area contributed by atoms with Gasteiger partial charge in [-0.05, 0) is 67.8 Å². The third-order valence-electron chi connectivity index (χ3n) is 5.61. The molecule has 0 spiro atoms. The zero-order valence-electron chi connectivity index (χ0n) is 18.0. The van der Waals surface area contributed by atoms with Crippen molar-refractivity contribution in [1.82, 2.24) is 4.98 Å². The van der Waals surface area contributed by atoms with Gasteiger partial charge in [0.2, 0.25) is 5.78 Å². The molecule has 1 amide bonds. The first kappa shape index (κ1) is 21.1. The first-order valence-electron chi connectivity index (χ1n) is 10.3. The highest BCUT2D eigenvalue weighted by Gasteiger charge is 2.46. The van der Waals surface area contributed by atoms with Gasteiger partial charge in [0.05, 0.1) is 21.8 Å². The molecule has 33 heavy (non-hydrogen) atoms. The third-order valence-corrected chi connectivity index (χ3v) is 6.61. The van der Waals surface area contributed by atoms with Crippen LogP contribution in [-0.4, -0.2) is 21.8 Å². The molecule has 8 heteroatoms. The van der Waals surface area contributed by atoms with Crippen molar-refractivity contribution in [2.24, 2.45) is 0 Å². The number of aliphatic hydroxyl groups excluding tert-OH is 1. The molecule has 2 aromatic carbocycles. The number of aryl methyl sites for hydroxylation is 3. The maximum absolute atomic E-state index is 14.2. The summed E-state index contributed by atoms with van der Waals surface area (Å²) in [6.07, 6.45) is 0. The van der Waals surface area contributed by atoms with Crippen molar-refractivity contribution < 1.29 is 23.5 Å². The number of rotatable bonds is 4. The van der Waals surface area contributed by atoms with Gasteiger partial charge < -0.3 is 9.52 Å². The van der Waals surface area contributed by atoms with Crippen molar-refractivity contribution in [2.45, 2.75) is 26.8 Å². The molecule has 2 aromatic heterocycles. The highest BCUT2D eigenvalue weighted by Crippen LogP contribution is 2.44. The summed E-state index contributed by atoms with van der Waals surface area (Å²) in [6.45, 7) is 5.59. The average Bonchev–Trinajstić information content (AvgIpc) is 3.44. The van der Waals surface area contributed by atoms with Crippen molar-refractivity contribution in [3.8, 4) is 0 Å². The fourth-order valence-electron chi connectivity index (χ4n) is 4.18. The Morgan fingerprint density at radius 3 is 2.64 bits per heavy atom. The Hall–Kier alpha value is -3.78. The SMILES string of the molecule is Cc1cc(C)c2nc(N3C(=O)C(O)=C(C(=O)c4ccc(C)o4)[C@@H]3c3cccc(F)c3)sc2c1. The number of aromatic nitrogens is 1. The van der Waals surface area contributed by atoms with E-state index in [2.05, 4.69) is 4.98 Å². The minimum atomic E-state index is -1.06. The van der Waals surface area contributed by atoms with Crippen LogP contribution in [0.5, 0.6) is 0 Å². The molecule has 6 nitrogen and oxygen atoms in total. The predicted octanol–water partition coefficient (Wildman–Crippen LogP) is 5.74. The summed E-state index contributed by atoms with van der Waals surface area (Å²) < 4.78 is 20.5. The standard InChI is InChI=1S/C25H19FN2O4S/c1-12-9-13(2)20-18(10-12)33-25(27-20)28-21(15-5-4-6-16(26)11-15)19(23(30)24(28)31)22(29)17-8-7-14(3)32-17/h4-11,21,30H,1-3H3/t21-/m0/s1. The Bertz CT molecular complexity index is 1480. The van der Waals surface area contributed by atoms with Gasteiger partial charge in [-0.25, -0.2) is 9.37 Å². The molecule has 1 atom stereocenters. The number of nitrogens with zero attached hydrogens (tertiary/aromatic N) is 2. The number of carbonyl (C=O) groups is 2. The first-order valence-corrected chi connectivity index (χ1v) is 11.1. The summed E-state index contributed by atoms with van der Waals surface area (Å²) in [6, 6.07) is 11.6. The number of hydrogen-bond acceptors (Lipinski definition) is 6. The number of halogens is 1. The van der Waals surface area contributed by atoms with Crippen molar-refractivity contribution in [3.05, 3.63) is 93.9 Å². The number of amides is 1. The number of Topliss-reactive ketones (excluding diaryl/α,β-unsaturated/α-hetero) is 1. The second-order valence-electron chi connectivity index (χ2n) is 8.06. The fraction of sp³-hybridized carbons (Fsp3) is 0.160. The molecule has 1 N–H and O–H groups in total. The van der Waals surface area contributed by atoms with E-state index in [1.165, 1.54) is 40.5 Å². The van der Waals surface area contributed by atoms with E-state index in [1.807, 2.05) is 26.0 Å². The van der Waals surface area contributed by atoms with E-state index in [0.717, 1.165) is 21.3 Å². The molecule has 3 heterocycles. The average molecular weight is 463 g/mol. The van der Waals surface area contributed by atoms with Gasteiger partial charge in [0, 0.05) is 0 Å². The number of furan rings is 1. The molecule has 0 fully saturated rings. The Labute approximate surface area is 192 Å². The second kappa shape index (κ2) is 7.67. The summed E-state index contributed by atoms with van der Waals surface area (Å²) in [4.78, 5) is 32.5. The number of carbonyl (C=O) groups excluding carboxylic acids is 2. The lowest BCUT2D eigenvalue weighted by Gasteiger charge is -2.24. The summed E-state index contributed by atoms with van der Waals surface area (Å²) in [7, 11) is 0. The molecule has 1 aliphatic heterocycles. The monoisotopic (exact) mass is 462 g/mol. The van der Waals surface area contributed by atoms with Crippen LogP contribution in [0.3, 0.4) is 0 Å². The maximum Gasteiger partial charge on any atom is 0.296 e. The minimum Gasteiger partial charge on any atom is -0.503 e. The summed E-state index contributed by atoms with van der Waals surface area (Å²) >= 11 is 1.27. The van der Waals surface area contributed by atoms with Crippen LogP contribution in [0.2, 0.25) is 0 Å². The predicted molar refractivity (Wildman–Crippen MR) is 123 cm³/mol. The number of fused-ring (bicyclic) bond motifs is 1. The number of hydrogen-bond donors (Lipinski definition) is 1. The smallest absolute Gasteiger partial charge is 0.296 e. The highest BCUT2D eigenvalue weighted by molar-refractivity contribution is 7.22. The molecule has 0 saturated heterocycles. The lowest BCUT2D eigenvalue weighted by Crippen LogP contribution is -2.31. The van der Waals surface area contributed by atoms with Crippen LogP contribution in [0, 0.1) is 26.6 Å². The van der Waals surface area contributed by atoms with E-state index < -0.39 is 29.3 Å². The van der Waals surface area contributed by atoms with E-state index in [1.54, 1.807) is 19.1 Å². The van der Waals surface area contributed by atoms with Gasteiger partial charge in [-0.2, -0.15) is 0 Å². The molecular weight excluding hydrogens is 443 g/mol. The van der Waals surface area contributed by atoms with Crippen LogP contribution in [0.25, 0.3) is 10.2 Å². The quantitative estimate of drug-likeness (QED) is 0.391. The Balaban J connectivity index is 1.70. The van der Waals surface area contributed by atoms with Crippen molar-refractivity contribution >= 4 is 38.4 Å². The van der Waals surface area contributed by atoms with Gasteiger partial charge >= 0.3 is 0 Å². The highest BCUT2D eigenvalue weighted by atomic mass is 32.1. The normalized spacial score (nSPS) is 16.3. The number of ketones is 1. The van der Waals surface area contributed by atoms with Gasteiger partial charge in [0.25, 0.3) is 5.91 Å². The van der Waals surface area contributed by atoms with Crippen LogP contribution in [0.1, 0.15) is 39.0 Å². The van der Waals surface area contributed by atoms with Crippen LogP contribution in [0.4, 0.5) is 9.52 Å². The zero-order valence-corrected chi connectivity index (χ0v) is 18.9. The second-order valence-corrected chi connectivity index (χ2v) is 9.07. The number of thiazole rings is 1. The molecule has 0 radical (unpaired) electrons. The number of benzene rings is 2.